The Morgan fingerprint density at radius 3 is 2.31 bits per heavy atom. The first-order chi connectivity index (χ1) is 6.97. The number of rotatable bonds is 5. The predicted octanol–water partition coefficient (Wildman–Crippen LogP) is 0.346. The van der Waals surface area contributed by atoms with Crippen LogP contribution >= 0.6 is 27.7 Å². The first-order valence-corrected chi connectivity index (χ1v) is 6.99. The smallest absolute Gasteiger partial charge is 0.0889 e. The molecule has 0 aromatic heterocycles. The van der Waals surface area contributed by atoms with E-state index in [1.807, 2.05) is 11.8 Å². The fourth-order valence-corrected chi connectivity index (χ4v) is 2.39. The Balaban J connectivity index is 0.00000225. The Morgan fingerprint density at radius 2 is 1.81 bits per heavy atom. The molecule has 4 heteroatoms. The van der Waals surface area contributed by atoms with E-state index in [4.69, 9.17) is 0 Å². The van der Waals surface area contributed by atoms with Crippen molar-refractivity contribution < 1.29 is 29.7 Å². The molecular formula is C12H19BrINS. The highest BCUT2D eigenvalue weighted by molar-refractivity contribution is 9.10. The average Bonchev–Trinajstić information content (AvgIpc) is 2.14. The first kappa shape index (κ1) is 16.7. The van der Waals surface area contributed by atoms with Crippen LogP contribution in [0.1, 0.15) is 26.7 Å². The fourth-order valence-electron chi connectivity index (χ4n) is 1.27. The molecule has 0 fully saturated rings. The van der Waals surface area contributed by atoms with E-state index in [1.54, 1.807) is 0 Å². The molecule has 0 atom stereocenters. The molecule has 0 saturated carbocycles. The summed E-state index contributed by atoms with van der Waals surface area (Å²) >= 11 is 5.36. The quantitative estimate of drug-likeness (QED) is 0.419. The van der Waals surface area contributed by atoms with E-state index < -0.39 is 0 Å². The lowest BCUT2D eigenvalue weighted by atomic mass is 10.0. The Bertz CT molecular complexity index is 295. The fraction of sp³-hybridized carbons (Fsp3) is 0.500. The lowest BCUT2D eigenvalue weighted by Gasteiger charge is -2.13. The van der Waals surface area contributed by atoms with Crippen molar-refractivity contribution in [3.05, 3.63) is 28.7 Å². The van der Waals surface area contributed by atoms with Gasteiger partial charge < -0.3 is 29.7 Å². The van der Waals surface area contributed by atoms with Crippen molar-refractivity contribution in [3.8, 4) is 0 Å². The highest BCUT2D eigenvalue weighted by atomic mass is 127. The molecule has 1 aromatic rings. The van der Waals surface area contributed by atoms with Gasteiger partial charge in [-0.1, -0.05) is 15.9 Å². The van der Waals surface area contributed by atoms with Gasteiger partial charge >= 0.3 is 0 Å². The van der Waals surface area contributed by atoms with E-state index in [9.17, 15) is 0 Å². The number of hydrogen-bond donors (Lipinski definition) is 1. The second-order valence-corrected chi connectivity index (χ2v) is 6.65. The monoisotopic (exact) mass is 415 g/mol. The van der Waals surface area contributed by atoms with Gasteiger partial charge in [0.25, 0.3) is 0 Å². The summed E-state index contributed by atoms with van der Waals surface area (Å²) in [4.78, 5) is 1.35. The minimum Gasteiger partial charge on any atom is -1.00 e. The summed E-state index contributed by atoms with van der Waals surface area (Å²) in [6.45, 7) is 4.38. The van der Waals surface area contributed by atoms with Crippen molar-refractivity contribution in [2.45, 2.75) is 37.1 Å². The maximum atomic E-state index is 4.11. The Labute approximate surface area is 128 Å². The zero-order chi connectivity index (χ0) is 11.3. The third-order valence-electron chi connectivity index (χ3n) is 2.08. The molecule has 0 unspecified atom stereocenters. The third-order valence-corrected chi connectivity index (χ3v) is 3.71. The molecule has 0 bridgehead atoms. The van der Waals surface area contributed by atoms with Gasteiger partial charge in [0.15, 0.2) is 0 Å². The molecular weight excluding hydrogens is 397 g/mol. The highest BCUT2D eigenvalue weighted by Gasteiger charge is 2.13. The van der Waals surface area contributed by atoms with Crippen LogP contribution in [0.2, 0.25) is 0 Å². The van der Waals surface area contributed by atoms with E-state index in [2.05, 4.69) is 59.8 Å². The van der Waals surface area contributed by atoms with Crippen LogP contribution in [-0.4, -0.2) is 11.3 Å². The molecule has 1 nitrogen and oxygen atoms in total. The lowest BCUT2D eigenvalue weighted by molar-refractivity contribution is -0.467. The van der Waals surface area contributed by atoms with Crippen molar-refractivity contribution in [2.24, 2.45) is 0 Å². The van der Waals surface area contributed by atoms with E-state index in [0.717, 1.165) is 4.47 Å². The maximum absolute atomic E-state index is 4.11. The summed E-state index contributed by atoms with van der Waals surface area (Å²) < 4.78 is 1.14. The van der Waals surface area contributed by atoms with Crippen molar-refractivity contribution in [3.63, 3.8) is 0 Å². The molecule has 0 spiro atoms. The number of benzene rings is 1. The first-order valence-electron chi connectivity index (χ1n) is 5.21. The third kappa shape index (κ3) is 7.92. The number of halogens is 2. The van der Waals surface area contributed by atoms with Crippen LogP contribution in [0.4, 0.5) is 0 Å². The zero-order valence-electron chi connectivity index (χ0n) is 9.80. The molecule has 1 aromatic carbocycles. The predicted molar refractivity (Wildman–Crippen MR) is 71.1 cm³/mol. The second-order valence-electron chi connectivity index (χ2n) is 4.57. The van der Waals surface area contributed by atoms with Crippen molar-refractivity contribution >= 4 is 27.7 Å². The molecule has 0 aliphatic heterocycles. The standard InChI is InChI=1S/C12H18BrNS.HI/c1-12(2,14)8-3-9-15-11-6-4-10(13)5-7-11;/h4-7H,3,8-9,14H2,1-2H3;1H. The Morgan fingerprint density at radius 1 is 1.25 bits per heavy atom. The normalized spacial score (nSPS) is 11.0. The van der Waals surface area contributed by atoms with Crippen LogP contribution in [0.3, 0.4) is 0 Å². The van der Waals surface area contributed by atoms with Gasteiger partial charge in [0.2, 0.25) is 0 Å². The molecule has 0 saturated heterocycles. The summed E-state index contributed by atoms with van der Waals surface area (Å²) in [6, 6.07) is 8.50. The summed E-state index contributed by atoms with van der Waals surface area (Å²) in [5, 5.41) is 0. The molecule has 16 heavy (non-hydrogen) atoms. The number of hydrogen-bond acceptors (Lipinski definition) is 1. The molecule has 3 N–H and O–H groups in total. The molecule has 1 rings (SSSR count). The van der Waals surface area contributed by atoms with E-state index in [-0.39, 0.29) is 29.5 Å². The Kier molecular flexibility index (Phi) is 8.32. The molecule has 0 amide bonds. The lowest BCUT2D eigenvalue weighted by Crippen LogP contribution is -3.00. The van der Waals surface area contributed by atoms with Crippen LogP contribution in [0.5, 0.6) is 0 Å². The zero-order valence-corrected chi connectivity index (χ0v) is 14.4. The van der Waals surface area contributed by atoms with Crippen LogP contribution < -0.4 is 29.7 Å². The highest BCUT2D eigenvalue weighted by Crippen LogP contribution is 2.22. The summed E-state index contributed by atoms with van der Waals surface area (Å²) in [7, 11) is 0. The summed E-state index contributed by atoms with van der Waals surface area (Å²) in [6.07, 6.45) is 2.42. The second kappa shape index (κ2) is 7.95. The number of thioether (sulfide) groups is 1. The van der Waals surface area contributed by atoms with Crippen molar-refractivity contribution in [2.75, 3.05) is 5.75 Å². The SMILES string of the molecule is CC(C)([NH3+])CCCSc1ccc(Br)cc1.[I-]. The van der Waals surface area contributed by atoms with Gasteiger partial charge in [0.05, 0.1) is 5.54 Å². The van der Waals surface area contributed by atoms with Gasteiger partial charge in [-0.05, 0) is 50.3 Å². The molecule has 0 radical (unpaired) electrons. The van der Waals surface area contributed by atoms with Gasteiger partial charge in [0.1, 0.15) is 0 Å². The van der Waals surface area contributed by atoms with Gasteiger partial charge in [-0.25, -0.2) is 0 Å². The molecule has 92 valence electrons. The van der Waals surface area contributed by atoms with Crippen LogP contribution in [0.25, 0.3) is 0 Å². The van der Waals surface area contributed by atoms with Gasteiger partial charge in [-0.2, -0.15) is 0 Å². The molecule has 0 heterocycles. The minimum absolute atomic E-state index is 0. The van der Waals surface area contributed by atoms with Crippen LogP contribution in [0.15, 0.2) is 33.6 Å². The van der Waals surface area contributed by atoms with Crippen LogP contribution in [0, 0.1) is 0 Å². The van der Waals surface area contributed by atoms with Gasteiger partial charge in [-0.15, -0.1) is 11.8 Å². The van der Waals surface area contributed by atoms with Crippen molar-refractivity contribution in [1.29, 1.82) is 0 Å². The molecule has 0 aliphatic rings. The molecule has 0 aliphatic carbocycles. The van der Waals surface area contributed by atoms with Gasteiger partial charge in [0, 0.05) is 15.8 Å². The Hall–Kier alpha value is 0.740. The average molecular weight is 416 g/mol. The topological polar surface area (TPSA) is 27.6 Å². The van der Waals surface area contributed by atoms with E-state index >= 15 is 0 Å². The van der Waals surface area contributed by atoms with E-state index in [1.165, 1.54) is 23.5 Å². The van der Waals surface area contributed by atoms with Crippen molar-refractivity contribution in [1.82, 2.24) is 0 Å². The van der Waals surface area contributed by atoms with Crippen LogP contribution in [-0.2, 0) is 0 Å². The summed E-state index contributed by atoms with van der Waals surface area (Å²) in [5.41, 5.74) is 4.33. The summed E-state index contributed by atoms with van der Waals surface area (Å²) in [5.74, 6) is 1.18. The minimum atomic E-state index is 0. The van der Waals surface area contributed by atoms with E-state index in [0.29, 0.717) is 0 Å². The largest absolute Gasteiger partial charge is 1.00 e. The van der Waals surface area contributed by atoms with Gasteiger partial charge in [-0.3, -0.25) is 0 Å². The maximum Gasteiger partial charge on any atom is 0.0889 e. The number of quaternary nitrogens is 1.